The van der Waals surface area contributed by atoms with Crippen LogP contribution in [0.2, 0.25) is 0 Å². The smallest absolute Gasteiger partial charge is 0.254 e. The molecule has 2 aromatic heterocycles. The Morgan fingerprint density at radius 3 is 2.89 bits per heavy atom. The first-order valence-corrected chi connectivity index (χ1v) is 6.96. The largest absolute Gasteiger partial charge is 0.332 e. The normalized spacial score (nSPS) is 10.1. The van der Waals surface area contributed by atoms with Gasteiger partial charge in [0, 0.05) is 24.0 Å². The van der Waals surface area contributed by atoms with Gasteiger partial charge in [0.25, 0.3) is 5.91 Å². The number of rotatable bonds is 4. The number of nitrogens with zero attached hydrogens (tertiary/aromatic N) is 2. The van der Waals surface area contributed by atoms with Gasteiger partial charge in [-0.15, -0.1) is 11.3 Å². The van der Waals surface area contributed by atoms with Gasteiger partial charge in [-0.2, -0.15) is 11.3 Å². The van der Waals surface area contributed by atoms with Crippen LogP contribution in [-0.2, 0) is 4.79 Å². The molecule has 0 radical (unpaired) electrons. The van der Waals surface area contributed by atoms with Gasteiger partial charge in [0.2, 0.25) is 5.91 Å². The number of anilines is 1. The van der Waals surface area contributed by atoms with Gasteiger partial charge < -0.3 is 10.2 Å². The highest BCUT2D eigenvalue weighted by atomic mass is 32.1. The fourth-order valence-corrected chi connectivity index (χ4v) is 2.51. The second kappa shape index (κ2) is 5.74. The number of likely N-dealkylation sites (N-methyl/N-ethyl adjacent to an activating group) is 1. The van der Waals surface area contributed by atoms with Gasteiger partial charge in [0.05, 0.1) is 12.1 Å². The molecule has 7 heteroatoms. The van der Waals surface area contributed by atoms with Crippen molar-refractivity contribution in [2.45, 2.75) is 0 Å². The van der Waals surface area contributed by atoms with Gasteiger partial charge >= 0.3 is 0 Å². The summed E-state index contributed by atoms with van der Waals surface area (Å²) in [6.45, 7) is 0.00819. The van der Waals surface area contributed by atoms with Crippen LogP contribution in [0.3, 0.4) is 0 Å². The number of thiophene rings is 1. The molecule has 0 spiro atoms. The number of hydrogen-bond acceptors (Lipinski definition) is 5. The molecule has 0 aliphatic carbocycles. The summed E-state index contributed by atoms with van der Waals surface area (Å²) in [5.74, 6) is -0.415. The summed E-state index contributed by atoms with van der Waals surface area (Å²) in [5, 5.41) is 8.53. The van der Waals surface area contributed by atoms with Crippen molar-refractivity contribution in [3.8, 4) is 0 Å². The number of nitrogens with one attached hydrogen (secondary N) is 1. The fourth-order valence-electron chi connectivity index (χ4n) is 1.34. The molecule has 0 aliphatic heterocycles. The molecular weight excluding hydrogens is 270 g/mol. The predicted molar refractivity (Wildman–Crippen MR) is 72.0 cm³/mol. The molecule has 18 heavy (non-hydrogen) atoms. The Balaban J connectivity index is 1.89. The monoisotopic (exact) mass is 281 g/mol. The molecule has 2 amide bonds. The minimum Gasteiger partial charge on any atom is -0.332 e. The molecule has 0 saturated carbocycles. The van der Waals surface area contributed by atoms with Gasteiger partial charge in [0.1, 0.15) is 0 Å². The molecule has 1 N–H and O–H groups in total. The second-order valence-electron chi connectivity index (χ2n) is 3.56. The van der Waals surface area contributed by atoms with Gasteiger partial charge in [0.15, 0.2) is 5.13 Å². The van der Waals surface area contributed by atoms with Crippen molar-refractivity contribution in [2.75, 3.05) is 18.9 Å². The van der Waals surface area contributed by atoms with Crippen LogP contribution >= 0.6 is 22.7 Å². The first-order chi connectivity index (χ1) is 8.66. The van der Waals surface area contributed by atoms with E-state index in [0.717, 1.165) is 0 Å². The van der Waals surface area contributed by atoms with Crippen molar-refractivity contribution in [3.05, 3.63) is 34.0 Å². The maximum Gasteiger partial charge on any atom is 0.254 e. The minimum absolute atomic E-state index is 0.00819. The Kier molecular flexibility index (Phi) is 4.06. The zero-order valence-corrected chi connectivity index (χ0v) is 11.3. The molecular formula is C11H11N3O2S2. The number of hydrogen-bond donors (Lipinski definition) is 1. The average molecular weight is 281 g/mol. The molecule has 2 rings (SSSR count). The molecule has 0 unspecified atom stereocenters. The number of carbonyl (C=O) groups is 2. The van der Waals surface area contributed by atoms with Crippen LogP contribution in [-0.4, -0.2) is 35.3 Å². The summed E-state index contributed by atoms with van der Waals surface area (Å²) in [4.78, 5) is 28.9. The molecule has 0 aromatic carbocycles. The van der Waals surface area contributed by atoms with Crippen molar-refractivity contribution >= 4 is 39.6 Å². The van der Waals surface area contributed by atoms with E-state index < -0.39 is 0 Å². The lowest BCUT2D eigenvalue weighted by atomic mass is 10.3. The Morgan fingerprint density at radius 2 is 2.28 bits per heavy atom. The van der Waals surface area contributed by atoms with Crippen LogP contribution in [0.1, 0.15) is 10.4 Å². The van der Waals surface area contributed by atoms with E-state index in [0.29, 0.717) is 10.7 Å². The zero-order chi connectivity index (χ0) is 13.0. The highest BCUT2D eigenvalue weighted by Gasteiger charge is 2.15. The van der Waals surface area contributed by atoms with E-state index in [1.54, 1.807) is 30.1 Å². The topological polar surface area (TPSA) is 62.3 Å². The van der Waals surface area contributed by atoms with E-state index in [1.165, 1.54) is 27.6 Å². The van der Waals surface area contributed by atoms with Crippen molar-refractivity contribution < 1.29 is 9.59 Å². The first-order valence-electron chi connectivity index (χ1n) is 5.14. The lowest BCUT2D eigenvalue weighted by molar-refractivity contribution is -0.116. The fraction of sp³-hybridized carbons (Fsp3) is 0.182. The first kappa shape index (κ1) is 12.7. The van der Waals surface area contributed by atoms with E-state index in [2.05, 4.69) is 10.3 Å². The quantitative estimate of drug-likeness (QED) is 0.931. The number of carbonyl (C=O) groups excluding carboxylic acids is 2. The lowest BCUT2D eigenvalue weighted by Gasteiger charge is -2.15. The van der Waals surface area contributed by atoms with E-state index in [1.807, 2.05) is 5.38 Å². The van der Waals surface area contributed by atoms with Crippen LogP contribution in [0.4, 0.5) is 5.13 Å². The van der Waals surface area contributed by atoms with E-state index in [4.69, 9.17) is 0 Å². The van der Waals surface area contributed by atoms with Crippen LogP contribution < -0.4 is 5.32 Å². The standard InChI is InChI=1S/C11H11N3O2S2/c1-14(10(16)8-2-4-17-7-8)6-9(15)13-11-12-3-5-18-11/h2-5,7H,6H2,1H3,(H,12,13,15). The Hall–Kier alpha value is -1.73. The summed E-state index contributed by atoms with van der Waals surface area (Å²) >= 11 is 2.79. The van der Waals surface area contributed by atoms with Crippen molar-refractivity contribution in [3.63, 3.8) is 0 Å². The Bertz CT molecular complexity index is 522. The Labute approximate surface area is 112 Å². The minimum atomic E-state index is -0.254. The molecule has 0 aliphatic rings. The maximum atomic E-state index is 11.9. The third-order valence-electron chi connectivity index (χ3n) is 2.17. The molecule has 5 nitrogen and oxygen atoms in total. The van der Waals surface area contributed by atoms with Gasteiger partial charge in [-0.3, -0.25) is 9.59 Å². The average Bonchev–Trinajstić information content (AvgIpc) is 2.99. The SMILES string of the molecule is CN(CC(=O)Nc1nccs1)C(=O)c1ccsc1. The second-order valence-corrected chi connectivity index (χ2v) is 5.23. The summed E-state index contributed by atoms with van der Waals surface area (Å²) in [7, 11) is 1.60. The van der Waals surface area contributed by atoms with E-state index >= 15 is 0 Å². The van der Waals surface area contributed by atoms with Crippen LogP contribution in [0.5, 0.6) is 0 Å². The van der Waals surface area contributed by atoms with Crippen molar-refractivity contribution in [2.24, 2.45) is 0 Å². The molecule has 2 heterocycles. The molecule has 0 saturated heterocycles. The van der Waals surface area contributed by atoms with Crippen LogP contribution in [0.15, 0.2) is 28.4 Å². The number of thiazole rings is 1. The van der Waals surface area contributed by atoms with Gasteiger partial charge in [-0.25, -0.2) is 4.98 Å². The highest BCUT2D eigenvalue weighted by Crippen LogP contribution is 2.11. The molecule has 2 aromatic rings. The summed E-state index contributed by atoms with van der Waals surface area (Å²) < 4.78 is 0. The van der Waals surface area contributed by atoms with Crippen LogP contribution in [0, 0.1) is 0 Å². The maximum absolute atomic E-state index is 11.9. The number of amides is 2. The number of aromatic nitrogens is 1. The third-order valence-corrected chi connectivity index (χ3v) is 3.55. The molecule has 0 atom stereocenters. The van der Waals surface area contributed by atoms with Gasteiger partial charge in [-0.1, -0.05) is 0 Å². The van der Waals surface area contributed by atoms with Crippen molar-refractivity contribution in [1.82, 2.24) is 9.88 Å². The van der Waals surface area contributed by atoms with E-state index in [-0.39, 0.29) is 18.4 Å². The van der Waals surface area contributed by atoms with Gasteiger partial charge in [-0.05, 0) is 11.4 Å². The Morgan fingerprint density at radius 1 is 1.44 bits per heavy atom. The highest BCUT2D eigenvalue weighted by molar-refractivity contribution is 7.13. The third kappa shape index (κ3) is 3.14. The van der Waals surface area contributed by atoms with E-state index in [9.17, 15) is 9.59 Å². The predicted octanol–water partition coefficient (Wildman–Crippen LogP) is 1.92. The van der Waals surface area contributed by atoms with Crippen molar-refractivity contribution in [1.29, 1.82) is 0 Å². The molecule has 94 valence electrons. The summed E-state index contributed by atoms with van der Waals surface area (Å²) in [6.07, 6.45) is 1.61. The molecule has 0 bridgehead atoms. The summed E-state index contributed by atoms with van der Waals surface area (Å²) in [5.41, 5.74) is 0.601. The molecule has 0 fully saturated rings. The zero-order valence-electron chi connectivity index (χ0n) is 9.62. The lowest BCUT2D eigenvalue weighted by Crippen LogP contribution is -2.34. The summed E-state index contributed by atoms with van der Waals surface area (Å²) in [6, 6.07) is 1.74. The van der Waals surface area contributed by atoms with Crippen LogP contribution in [0.25, 0.3) is 0 Å².